The number of hydrogen-bond acceptors (Lipinski definition) is 3. The Hall–Kier alpha value is -0.870. The minimum Gasteiger partial charge on any atom is -0.479 e. The lowest BCUT2D eigenvalue weighted by Gasteiger charge is -2.18. The number of unbranched alkanes of at least 4 members (excludes halogenated alkanes) is 12. The van der Waals surface area contributed by atoms with E-state index in [-0.39, 0.29) is 6.54 Å². The highest BCUT2D eigenvalue weighted by molar-refractivity contribution is 5.76. The van der Waals surface area contributed by atoms with E-state index in [0.717, 1.165) is 19.4 Å². The van der Waals surface area contributed by atoms with E-state index in [1.807, 2.05) is 0 Å². The molecule has 4 heteroatoms. The van der Waals surface area contributed by atoms with Gasteiger partial charge in [0.2, 0.25) is 0 Å². The van der Waals surface area contributed by atoms with E-state index in [1.54, 1.807) is 0 Å². The standard InChI is InChI=1S/C22H43NO3/c1-3-4-5-6-7-8-9-10-11-12-13-14-15-16-17-18-19-23-20-22(2,26)21(24)25/h10-11,23,26H,3-9,12-20H2,1-2H3,(H,24,25)/b11-10-. The molecule has 0 aromatic carbocycles. The predicted octanol–water partition coefficient (Wildman–Crippen LogP) is 5.45. The summed E-state index contributed by atoms with van der Waals surface area (Å²) in [5, 5.41) is 21.4. The van der Waals surface area contributed by atoms with Crippen LogP contribution < -0.4 is 5.32 Å². The number of carbonyl (C=O) groups is 1. The van der Waals surface area contributed by atoms with Gasteiger partial charge in [0.1, 0.15) is 0 Å². The van der Waals surface area contributed by atoms with Crippen LogP contribution in [0.15, 0.2) is 12.2 Å². The molecule has 3 N–H and O–H groups in total. The molecule has 0 saturated heterocycles. The van der Waals surface area contributed by atoms with Gasteiger partial charge in [0.25, 0.3) is 0 Å². The molecule has 0 aromatic heterocycles. The van der Waals surface area contributed by atoms with Crippen molar-refractivity contribution in [3.8, 4) is 0 Å². The maximum atomic E-state index is 10.7. The van der Waals surface area contributed by atoms with Crippen molar-refractivity contribution in [1.82, 2.24) is 5.32 Å². The second-order valence-electron chi connectivity index (χ2n) is 7.69. The zero-order valence-electron chi connectivity index (χ0n) is 17.3. The Morgan fingerprint density at radius 3 is 1.81 bits per heavy atom. The molecule has 0 amide bonds. The minimum atomic E-state index is -1.66. The van der Waals surface area contributed by atoms with Crippen LogP contribution in [0.5, 0.6) is 0 Å². The number of aliphatic hydroxyl groups is 1. The molecule has 0 aliphatic rings. The molecule has 0 bridgehead atoms. The van der Waals surface area contributed by atoms with E-state index in [1.165, 1.54) is 84.0 Å². The van der Waals surface area contributed by atoms with Crippen LogP contribution >= 0.6 is 0 Å². The first kappa shape index (κ1) is 25.1. The molecule has 0 rings (SSSR count). The van der Waals surface area contributed by atoms with Gasteiger partial charge in [-0.05, 0) is 45.6 Å². The molecule has 154 valence electrons. The quantitative estimate of drug-likeness (QED) is 0.209. The van der Waals surface area contributed by atoms with Crippen molar-refractivity contribution in [2.24, 2.45) is 0 Å². The molecular weight excluding hydrogens is 326 g/mol. The van der Waals surface area contributed by atoms with Gasteiger partial charge in [-0.3, -0.25) is 0 Å². The molecule has 1 atom stereocenters. The number of hydrogen-bond donors (Lipinski definition) is 3. The lowest BCUT2D eigenvalue weighted by atomic mass is 10.1. The summed E-state index contributed by atoms with van der Waals surface area (Å²) in [7, 11) is 0. The van der Waals surface area contributed by atoms with Crippen LogP contribution in [-0.4, -0.2) is 34.9 Å². The highest BCUT2D eigenvalue weighted by Crippen LogP contribution is 2.10. The van der Waals surface area contributed by atoms with E-state index in [9.17, 15) is 9.90 Å². The van der Waals surface area contributed by atoms with Crippen LogP contribution in [0.4, 0.5) is 0 Å². The fraction of sp³-hybridized carbons (Fsp3) is 0.864. The van der Waals surface area contributed by atoms with Crippen LogP contribution in [0, 0.1) is 0 Å². The lowest BCUT2D eigenvalue weighted by Crippen LogP contribution is -2.45. The fourth-order valence-electron chi connectivity index (χ4n) is 2.90. The van der Waals surface area contributed by atoms with Gasteiger partial charge in [-0.15, -0.1) is 0 Å². The first-order valence-corrected chi connectivity index (χ1v) is 10.8. The second-order valence-corrected chi connectivity index (χ2v) is 7.69. The molecule has 0 heterocycles. The molecular formula is C22H43NO3. The molecule has 1 unspecified atom stereocenters. The zero-order valence-corrected chi connectivity index (χ0v) is 17.3. The monoisotopic (exact) mass is 369 g/mol. The number of allylic oxidation sites excluding steroid dienone is 2. The van der Waals surface area contributed by atoms with Gasteiger partial charge >= 0.3 is 5.97 Å². The molecule has 0 aliphatic carbocycles. The number of nitrogens with one attached hydrogen (secondary N) is 1. The van der Waals surface area contributed by atoms with Crippen molar-refractivity contribution in [1.29, 1.82) is 0 Å². The number of rotatable bonds is 19. The van der Waals surface area contributed by atoms with E-state index in [0.29, 0.717) is 0 Å². The van der Waals surface area contributed by atoms with Crippen LogP contribution in [0.1, 0.15) is 104 Å². The first-order valence-electron chi connectivity index (χ1n) is 10.8. The van der Waals surface area contributed by atoms with E-state index in [4.69, 9.17) is 5.11 Å². The van der Waals surface area contributed by atoms with Crippen molar-refractivity contribution in [2.45, 2.75) is 109 Å². The van der Waals surface area contributed by atoms with Crippen LogP contribution in [0.2, 0.25) is 0 Å². The summed E-state index contributed by atoms with van der Waals surface area (Å²) < 4.78 is 0. The van der Waals surface area contributed by atoms with E-state index < -0.39 is 11.6 Å². The summed E-state index contributed by atoms with van der Waals surface area (Å²) in [6, 6.07) is 0. The van der Waals surface area contributed by atoms with Gasteiger partial charge < -0.3 is 15.5 Å². The smallest absolute Gasteiger partial charge is 0.336 e. The Kier molecular flexibility index (Phi) is 17.0. The minimum absolute atomic E-state index is 0.105. The normalized spacial score (nSPS) is 14.0. The van der Waals surface area contributed by atoms with Gasteiger partial charge in [-0.1, -0.05) is 76.9 Å². The molecule has 0 aromatic rings. The van der Waals surface area contributed by atoms with Crippen LogP contribution in [-0.2, 0) is 4.79 Å². The highest BCUT2D eigenvalue weighted by Gasteiger charge is 2.28. The second kappa shape index (κ2) is 17.5. The maximum Gasteiger partial charge on any atom is 0.336 e. The van der Waals surface area contributed by atoms with Crippen molar-refractivity contribution in [3.05, 3.63) is 12.2 Å². The van der Waals surface area contributed by atoms with Gasteiger partial charge in [-0.2, -0.15) is 0 Å². The summed E-state index contributed by atoms with van der Waals surface area (Å²) in [4.78, 5) is 10.7. The molecule has 0 spiro atoms. The van der Waals surface area contributed by atoms with Gasteiger partial charge in [-0.25, -0.2) is 4.79 Å². The SMILES string of the molecule is CCCCCCCC/C=C\CCCCCCCCNCC(C)(O)C(=O)O. The summed E-state index contributed by atoms with van der Waals surface area (Å²) in [5.41, 5.74) is -1.66. The summed E-state index contributed by atoms with van der Waals surface area (Å²) in [5.74, 6) is -1.17. The Morgan fingerprint density at radius 1 is 0.846 bits per heavy atom. The van der Waals surface area contributed by atoms with Gasteiger partial charge in [0.15, 0.2) is 5.60 Å². The molecule has 0 radical (unpaired) electrons. The molecule has 4 nitrogen and oxygen atoms in total. The first-order chi connectivity index (χ1) is 12.5. The summed E-state index contributed by atoms with van der Waals surface area (Å²) >= 11 is 0. The summed E-state index contributed by atoms with van der Waals surface area (Å²) in [6.45, 7) is 4.46. The Morgan fingerprint density at radius 2 is 1.31 bits per heavy atom. The van der Waals surface area contributed by atoms with Crippen molar-refractivity contribution < 1.29 is 15.0 Å². The van der Waals surface area contributed by atoms with E-state index >= 15 is 0 Å². The predicted molar refractivity (Wildman–Crippen MR) is 111 cm³/mol. The van der Waals surface area contributed by atoms with Crippen molar-refractivity contribution in [2.75, 3.05) is 13.1 Å². The Bertz CT molecular complexity index is 353. The zero-order chi connectivity index (χ0) is 19.5. The number of carboxylic acids is 1. The largest absolute Gasteiger partial charge is 0.479 e. The molecule has 0 saturated carbocycles. The fourth-order valence-corrected chi connectivity index (χ4v) is 2.90. The average molecular weight is 370 g/mol. The van der Waals surface area contributed by atoms with Crippen LogP contribution in [0.3, 0.4) is 0 Å². The van der Waals surface area contributed by atoms with Crippen molar-refractivity contribution >= 4 is 5.97 Å². The topological polar surface area (TPSA) is 69.6 Å². The maximum absolute atomic E-state index is 10.7. The van der Waals surface area contributed by atoms with Gasteiger partial charge in [0, 0.05) is 6.54 Å². The Balaban J connectivity index is 3.22. The third kappa shape index (κ3) is 16.6. The molecule has 0 aliphatic heterocycles. The number of aliphatic carboxylic acids is 1. The van der Waals surface area contributed by atoms with Crippen molar-refractivity contribution in [3.63, 3.8) is 0 Å². The number of carboxylic acid groups (broad SMARTS) is 1. The third-order valence-corrected chi connectivity index (χ3v) is 4.80. The average Bonchev–Trinajstić information content (AvgIpc) is 2.60. The molecule has 26 heavy (non-hydrogen) atoms. The van der Waals surface area contributed by atoms with Crippen LogP contribution in [0.25, 0.3) is 0 Å². The summed E-state index contributed by atoms with van der Waals surface area (Å²) in [6.07, 6.45) is 22.7. The lowest BCUT2D eigenvalue weighted by molar-refractivity contribution is -0.156. The van der Waals surface area contributed by atoms with Gasteiger partial charge in [0.05, 0.1) is 0 Å². The highest BCUT2D eigenvalue weighted by atomic mass is 16.4. The third-order valence-electron chi connectivity index (χ3n) is 4.80. The van der Waals surface area contributed by atoms with E-state index in [2.05, 4.69) is 24.4 Å². The molecule has 0 fully saturated rings. The Labute approximate surface area is 161 Å².